The molecule has 1 rings (SSSR count). The van der Waals surface area contributed by atoms with Gasteiger partial charge in [-0.1, -0.05) is 6.58 Å². The van der Waals surface area contributed by atoms with Crippen LogP contribution in [0.2, 0.25) is 0 Å². The van der Waals surface area contributed by atoms with E-state index < -0.39 is 0 Å². The zero-order chi connectivity index (χ0) is 9.14. The van der Waals surface area contributed by atoms with Crippen LogP contribution in [0.4, 0.5) is 11.8 Å². The van der Waals surface area contributed by atoms with Gasteiger partial charge < -0.3 is 10.2 Å². The molecule has 1 heterocycles. The fourth-order valence-electron chi connectivity index (χ4n) is 0.700. The number of aromatic nitrogens is 1. The molecule has 0 unspecified atom stereocenters. The summed E-state index contributed by atoms with van der Waals surface area (Å²) in [4.78, 5) is 7.87. The van der Waals surface area contributed by atoms with Gasteiger partial charge in [0, 0.05) is 6.21 Å². The molecule has 0 aromatic carbocycles. The highest BCUT2D eigenvalue weighted by molar-refractivity contribution is 5.79. The minimum absolute atomic E-state index is 0.140. The summed E-state index contributed by atoms with van der Waals surface area (Å²) in [6.07, 6.45) is 1.62. The lowest BCUT2D eigenvalue weighted by Crippen LogP contribution is -1.81. The Hall–Kier alpha value is -1.58. The van der Waals surface area contributed by atoms with Crippen molar-refractivity contribution in [2.24, 2.45) is 4.99 Å². The van der Waals surface area contributed by atoms with Crippen molar-refractivity contribution in [3.05, 3.63) is 17.9 Å². The molecule has 0 amide bonds. The van der Waals surface area contributed by atoms with E-state index in [1.54, 1.807) is 13.1 Å². The second-order valence-corrected chi connectivity index (χ2v) is 2.54. The summed E-state index contributed by atoms with van der Waals surface area (Å²) in [5.41, 5.74) is 6.17. The van der Waals surface area contributed by atoms with Crippen LogP contribution in [0.3, 0.4) is 0 Å². The average molecular weight is 165 g/mol. The molecule has 0 saturated carbocycles. The molecule has 0 bridgehead atoms. The van der Waals surface area contributed by atoms with Gasteiger partial charge in [-0.15, -0.1) is 0 Å². The van der Waals surface area contributed by atoms with Crippen molar-refractivity contribution >= 4 is 18.0 Å². The van der Waals surface area contributed by atoms with Gasteiger partial charge in [-0.2, -0.15) is 4.98 Å². The molecule has 0 radical (unpaired) electrons. The lowest BCUT2D eigenvalue weighted by molar-refractivity contribution is 0.548. The van der Waals surface area contributed by atoms with Crippen LogP contribution >= 0.6 is 0 Å². The highest BCUT2D eigenvalue weighted by Crippen LogP contribution is 2.18. The van der Waals surface area contributed by atoms with Crippen molar-refractivity contribution in [3.63, 3.8) is 0 Å². The summed E-state index contributed by atoms with van der Waals surface area (Å²) in [7, 11) is 0. The summed E-state index contributed by atoms with van der Waals surface area (Å²) in [5.74, 6) is 1.13. The van der Waals surface area contributed by atoms with Crippen LogP contribution < -0.4 is 5.73 Å². The molecule has 0 atom stereocenters. The Bertz CT molecular complexity index is 325. The van der Waals surface area contributed by atoms with Crippen LogP contribution in [0.5, 0.6) is 0 Å². The second kappa shape index (κ2) is 3.21. The summed E-state index contributed by atoms with van der Waals surface area (Å²) < 4.78 is 4.97. The number of oxazole rings is 1. The SMILES string of the molecule is C=C(C)/C=N\c1nc(N)oc1C. The first-order chi connectivity index (χ1) is 5.59. The zero-order valence-electron chi connectivity index (χ0n) is 7.16. The Morgan fingerprint density at radius 2 is 2.42 bits per heavy atom. The molecule has 0 spiro atoms. The van der Waals surface area contributed by atoms with E-state index in [0.717, 1.165) is 5.57 Å². The van der Waals surface area contributed by atoms with Gasteiger partial charge in [-0.05, 0) is 19.4 Å². The number of aliphatic imine (C=N–C) groups is 1. The minimum Gasteiger partial charge on any atom is -0.427 e. The molecule has 1 aromatic heterocycles. The third-order valence-corrected chi connectivity index (χ3v) is 1.20. The van der Waals surface area contributed by atoms with E-state index in [1.807, 2.05) is 6.92 Å². The Morgan fingerprint density at radius 3 is 2.83 bits per heavy atom. The van der Waals surface area contributed by atoms with Crippen LogP contribution in [0.15, 0.2) is 21.6 Å². The fraction of sp³-hybridized carbons (Fsp3) is 0.250. The van der Waals surface area contributed by atoms with Gasteiger partial charge >= 0.3 is 0 Å². The number of nitrogens with two attached hydrogens (primary N) is 1. The Labute approximate surface area is 70.8 Å². The standard InChI is InChI=1S/C8H11N3O/c1-5(2)4-10-7-6(3)12-8(9)11-7/h4H,1H2,2-3H3,(H2,9,11)/b10-4-. The summed E-state index contributed by atoms with van der Waals surface area (Å²) in [6.45, 7) is 7.28. The highest BCUT2D eigenvalue weighted by Gasteiger charge is 2.03. The normalized spacial score (nSPS) is 10.8. The molecule has 0 aliphatic carbocycles. The summed E-state index contributed by atoms with van der Waals surface area (Å²) in [6, 6.07) is 0.140. The molecular weight excluding hydrogens is 154 g/mol. The Kier molecular flexibility index (Phi) is 2.28. The van der Waals surface area contributed by atoms with Crippen LogP contribution in [0.1, 0.15) is 12.7 Å². The third-order valence-electron chi connectivity index (χ3n) is 1.20. The molecular formula is C8H11N3O. The second-order valence-electron chi connectivity index (χ2n) is 2.54. The maximum atomic E-state index is 5.31. The number of hydrogen-bond donors (Lipinski definition) is 1. The smallest absolute Gasteiger partial charge is 0.294 e. The molecule has 4 nitrogen and oxygen atoms in total. The van der Waals surface area contributed by atoms with E-state index in [4.69, 9.17) is 10.2 Å². The molecule has 0 aliphatic rings. The monoisotopic (exact) mass is 165 g/mol. The predicted octanol–water partition coefficient (Wildman–Crippen LogP) is 1.84. The number of hydrogen-bond acceptors (Lipinski definition) is 4. The van der Waals surface area contributed by atoms with E-state index in [-0.39, 0.29) is 6.01 Å². The quantitative estimate of drug-likeness (QED) is 0.680. The minimum atomic E-state index is 0.140. The van der Waals surface area contributed by atoms with Crippen LogP contribution in [-0.2, 0) is 0 Å². The number of allylic oxidation sites excluding steroid dienone is 1. The highest BCUT2D eigenvalue weighted by atomic mass is 16.4. The largest absolute Gasteiger partial charge is 0.427 e. The van der Waals surface area contributed by atoms with Gasteiger partial charge in [-0.3, -0.25) is 0 Å². The molecule has 12 heavy (non-hydrogen) atoms. The van der Waals surface area contributed by atoms with Gasteiger partial charge in [0.05, 0.1) is 0 Å². The van der Waals surface area contributed by atoms with Crippen molar-refractivity contribution in [2.75, 3.05) is 5.73 Å². The van der Waals surface area contributed by atoms with Crippen LogP contribution in [0.25, 0.3) is 0 Å². The van der Waals surface area contributed by atoms with Crippen molar-refractivity contribution in [3.8, 4) is 0 Å². The Morgan fingerprint density at radius 1 is 1.75 bits per heavy atom. The van der Waals surface area contributed by atoms with Gasteiger partial charge in [0.25, 0.3) is 6.01 Å². The van der Waals surface area contributed by atoms with E-state index in [1.165, 1.54) is 0 Å². The molecule has 0 fully saturated rings. The number of nitrogens with zero attached hydrogens (tertiary/aromatic N) is 2. The van der Waals surface area contributed by atoms with Gasteiger partial charge in [-0.25, -0.2) is 4.99 Å². The first-order valence-corrected chi connectivity index (χ1v) is 3.52. The van der Waals surface area contributed by atoms with E-state index >= 15 is 0 Å². The maximum Gasteiger partial charge on any atom is 0.294 e. The Balaban J connectivity index is 2.89. The third kappa shape index (κ3) is 1.95. The average Bonchev–Trinajstić information content (AvgIpc) is 2.26. The van der Waals surface area contributed by atoms with Crippen molar-refractivity contribution < 1.29 is 4.42 Å². The van der Waals surface area contributed by atoms with Crippen molar-refractivity contribution in [2.45, 2.75) is 13.8 Å². The van der Waals surface area contributed by atoms with E-state index in [2.05, 4.69) is 16.6 Å². The van der Waals surface area contributed by atoms with Crippen molar-refractivity contribution in [1.82, 2.24) is 4.98 Å². The van der Waals surface area contributed by atoms with Gasteiger partial charge in [0.15, 0.2) is 5.82 Å². The molecule has 1 aromatic rings. The molecule has 0 saturated heterocycles. The number of nitrogen functional groups attached to an aromatic ring is 1. The summed E-state index contributed by atoms with van der Waals surface area (Å²) >= 11 is 0. The molecule has 2 N–H and O–H groups in total. The first-order valence-electron chi connectivity index (χ1n) is 3.52. The van der Waals surface area contributed by atoms with E-state index in [0.29, 0.717) is 11.6 Å². The molecule has 4 heteroatoms. The number of rotatable bonds is 2. The number of anilines is 1. The molecule has 0 aliphatic heterocycles. The van der Waals surface area contributed by atoms with Crippen LogP contribution in [0, 0.1) is 6.92 Å². The lowest BCUT2D eigenvalue weighted by atomic mass is 10.4. The topological polar surface area (TPSA) is 64.4 Å². The summed E-state index contributed by atoms with van der Waals surface area (Å²) in [5, 5.41) is 0. The van der Waals surface area contributed by atoms with E-state index in [9.17, 15) is 0 Å². The van der Waals surface area contributed by atoms with Crippen LogP contribution in [-0.4, -0.2) is 11.2 Å². The lowest BCUT2D eigenvalue weighted by Gasteiger charge is -1.85. The van der Waals surface area contributed by atoms with Crippen molar-refractivity contribution in [1.29, 1.82) is 0 Å². The van der Waals surface area contributed by atoms with Gasteiger partial charge in [0.1, 0.15) is 5.76 Å². The zero-order valence-corrected chi connectivity index (χ0v) is 7.16. The first kappa shape index (κ1) is 8.52. The number of aryl methyl sites for hydroxylation is 1. The predicted molar refractivity (Wildman–Crippen MR) is 48.6 cm³/mol. The fourth-order valence-corrected chi connectivity index (χ4v) is 0.700. The van der Waals surface area contributed by atoms with Gasteiger partial charge in [0.2, 0.25) is 0 Å². The molecule has 64 valence electrons. The maximum absolute atomic E-state index is 5.31.